The highest BCUT2D eigenvalue weighted by Crippen LogP contribution is 2.66. The van der Waals surface area contributed by atoms with E-state index in [0.29, 0.717) is 0 Å². The third kappa shape index (κ3) is 3.40. The second-order valence-corrected chi connectivity index (χ2v) is 14.0. The van der Waals surface area contributed by atoms with Gasteiger partial charge in [0.2, 0.25) is 0 Å². The van der Waals surface area contributed by atoms with Crippen LogP contribution in [-0.2, 0) is 5.41 Å². The van der Waals surface area contributed by atoms with Gasteiger partial charge >= 0.3 is 0 Å². The van der Waals surface area contributed by atoms with Crippen LogP contribution in [0.5, 0.6) is 11.5 Å². The molecule has 0 bridgehead atoms. The highest BCUT2D eigenvalue weighted by molar-refractivity contribution is 6.13. The standard InChI is InChI=1S/C49H30N2O/c1-2-13-31(14-3-1)32-25-27-33(28-26-32)50-43-23-10-11-24-44(43)52-45-30-29-39-46(48(45)50)36-16-4-6-18-37(36)49(39)38-19-7-9-22-42(38)51-41-21-8-5-15-34(41)35-17-12-20-40(49)47(35)51/h1-30H. The van der Waals surface area contributed by atoms with E-state index in [1.165, 1.54) is 72.0 Å². The van der Waals surface area contributed by atoms with Gasteiger partial charge in [0.25, 0.3) is 0 Å². The number of anilines is 3. The Morgan fingerprint density at radius 3 is 1.98 bits per heavy atom. The summed E-state index contributed by atoms with van der Waals surface area (Å²) in [5.74, 6) is 1.70. The lowest BCUT2D eigenvalue weighted by Crippen LogP contribution is -2.33. The summed E-state index contributed by atoms with van der Waals surface area (Å²) in [5, 5.41) is 2.56. The highest BCUT2D eigenvalue weighted by Gasteiger charge is 2.52. The topological polar surface area (TPSA) is 17.4 Å². The van der Waals surface area contributed by atoms with Gasteiger partial charge in [0.15, 0.2) is 11.5 Å². The van der Waals surface area contributed by atoms with E-state index >= 15 is 0 Å². The zero-order valence-corrected chi connectivity index (χ0v) is 28.1. The summed E-state index contributed by atoms with van der Waals surface area (Å²) in [6.45, 7) is 0. The van der Waals surface area contributed by atoms with Crippen LogP contribution in [0.3, 0.4) is 0 Å². The van der Waals surface area contributed by atoms with Gasteiger partial charge in [0, 0.05) is 22.0 Å². The van der Waals surface area contributed by atoms with Crippen molar-refractivity contribution < 1.29 is 4.74 Å². The number of ether oxygens (including phenoxy) is 1. The Morgan fingerprint density at radius 2 is 1.10 bits per heavy atom. The molecular weight excluding hydrogens is 633 g/mol. The van der Waals surface area contributed by atoms with Gasteiger partial charge in [-0.05, 0) is 81.4 Å². The molecule has 0 saturated carbocycles. The van der Waals surface area contributed by atoms with Crippen molar-refractivity contribution in [3.63, 3.8) is 0 Å². The predicted octanol–water partition coefficient (Wildman–Crippen LogP) is 12.7. The molecule has 12 rings (SSSR count). The van der Waals surface area contributed by atoms with E-state index < -0.39 is 5.41 Å². The second-order valence-electron chi connectivity index (χ2n) is 14.0. The number of para-hydroxylation sites is 5. The summed E-state index contributed by atoms with van der Waals surface area (Å²) in [6, 6.07) is 66.3. The van der Waals surface area contributed by atoms with Crippen molar-refractivity contribution in [2.24, 2.45) is 0 Å². The van der Waals surface area contributed by atoms with Crippen LogP contribution in [0, 0.1) is 0 Å². The molecule has 0 amide bonds. The fourth-order valence-electron chi connectivity index (χ4n) is 9.59. The number of aromatic nitrogens is 1. The van der Waals surface area contributed by atoms with E-state index in [1.54, 1.807) is 0 Å². The molecule has 2 aliphatic heterocycles. The average Bonchev–Trinajstić information content (AvgIpc) is 3.71. The van der Waals surface area contributed by atoms with Crippen molar-refractivity contribution in [3.8, 4) is 39.4 Å². The Morgan fingerprint density at radius 1 is 0.423 bits per heavy atom. The Labute approximate surface area is 301 Å². The molecule has 1 aliphatic carbocycles. The van der Waals surface area contributed by atoms with Crippen molar-refractivity contribution in [2.75, 3.05) is 4.90 Å². The van der Waals surface area contributed by atoms with Gasteiger partial charge in [-0.3, -0.25) is 0 Å². The van der Waals surface area contributed by atoms with E-state index in [-0.39, 0.29) is 0 Å². The van der Waals surface area contributed by atoms with E-state index in [4.69, 9.17) is 4.74 Å². The summed E-state index contributed by atoms with van der Waals surface area (Å²) in [5.41, 5.74) is 16.4. The van der Waals surface area contributed by atoms with Crippen LogP contribution in [0.15, 0.2) is 182 Å². The third-order valence-corrected chi connectivity index (χ3v) is 11.6. The number of benzene rings is 8. The molecule has 9 aromatic rings. The summed E-state index contributed by atoms with van der Waals surface area (Å²) >= 11 is 0. The SMILES string of the molecule is c1ccc(-c2ccc(N3c4ccccc4Oc4ccc5c(c43)-c3ccccc3C53c4ccccc4-n4c5ccccc5c5cccc3c54)cc2)cc1. The third-order valence-electron chi connectivity index (χ3n) is 11.6. The van der Waals surface area contributed by atoms with Crippen LogP contribution in [-0.4, -0.2) is 4.57 Å². The number of hydrogen-bond acceptors (Lipinski definition) is 2. The molecule has 3 nitrogen and oxygen atoms in total. The molecule has 3 heteroatoms. The van der Waals surface area contributed by atoms with Crippen LogP contribution < -0.4 is 9.64 Å². The van der Waals surface area contributed by atoms with Gasteiger partial charge < -0.3 is 14.2 Å². The Balaban J connectivity index is 1.19. The van der Waals surface area contributed by atoms with Crippen LogP contribution in [0.2, 0.25) is 0 Å². The molecule has 52 heavy (non-hydrogen) atoms. The minimum Gasteiger partial charge on any atom is -0.453 e. The molecule has 8 aromatic carbocycles. The lowest BCUT2D eigenvalue weighted by Gasteiger charge is -2.40. The van der Waals surface area contributed by atoms with Gasteiger partial charge in [0.1, 0.15) is 0 Å². The molecule has 1 spiro atoms. The van der Waals surface area contributed by atoms with Crippen molar-refractivity contribution in [1.29, 1.82) is 0 Å². The minimum absolute atomic E-state index is 0.540. The Hall–Kier alpha value is -6.84. The van der Waals surface area contributed by atoms with E-state index in [0.717, 1.165) is 28.6 Å². The predicted molar refractivity (Wildman–Crippen MR) is 212 cm³/mol. The largest absolute Gasteiger partial charge is 0.453 e. The smallest absolute Gasteiger partial charge is 0.152 e. The summed E-state index contributed by atoms with van der Waals surface area (Å²) in [7, 11) is 0. The number of hydrogen-bond donors (Lipinski definition) is 0. The van der Waals surface area contributed by atoms with E-state index in [2.05, 4.69) is 191 Å². The summed E-state index contributed by atoms with van der Waals surface area (Å²) in [4.78, 5) is 2.42. The fraction of sp³-hybridized carbons (Fsp3) is 0.0204. The first-order valence-corrected chi connectivity index (χ1v) is 17.9. The maximum Gasteiger partial charge on any atom is 0.152 e. The van der Waals surface area contributed by atoms with Crippen molar-refractivity contribution in [3.05, 3.63) is 204 Å². The molecule has 1 unspecified atom stereocenters. The molecule has 0 fully saturated rings. The highest BCUT2D eigenvalue weighted by atomic mass is 16.5. The Kier molecular flexibility index (Phi) is 5.43. The lowest BCUT2D eigenvalue weighted by atomic mass is 9.65. The number of rotatable bonds is 2. The van der Waals surface area contributed by atoms with E-state index in [9.17, 15) is 0 Å². The van der Waals surface area contributed by atoms with Crippen LogP contribution in [0.4, 0.5) is 17.1 Å². The summed E-state index contributed by atoms with van der Waals surface area (Å²) < 4.78 is 9.32. The van der Waals surface area contributed by atoms with Gasteiger partial charge in [-0.15, -0.1) is 0 Å². The zero-order valence-electron chi connectivity index (χ0n) is 28.1. The molecule has 0 radical (unpaired) electrons. The van der Waals surface area contributed by atoms with Crippen LogP contribution in [0.1, 0.15) is 22.3 Å². The van der Waals surface area contributed by atoms with Gasteiger partial charge in [-0.1, -0.05) is 140 Å². The first-order chi connectivity index (χ1) is 25.8. The maximum atomic E-state index is 6.82. The minimum atomic E-state index is -0.540. The summed E-state index contributed by atoms with van der Waals surface area (Å²) in [6.07, 6.45) is 0. The molecule has 3 heterocycles. The second kappa shape index (κ2) is 10.1. The first-order valence-electron chi connectivity index (χ1n) is 17.9. The number of fused-ring (bicyclic) bond motifs is 15. The first kappa shape index (κ1) is 27.9. The van der Waals surface area contributed by atoms with E-state index in [1.807, 2.05) is 0 Å². The van der Waals surface area contributed by atoms with Crippen molar-refractivity contribution in [1.82, 2.24) is 4.57 Å². The van der Waals surface area contributed by atoms with Crippen molar-refractivity contribution >= 4 is 38.9 Å². The van der Waals surface area contributed by atoms with Crippen molar-refractivity contribution in [2.45, 2.75) is 5.41 Å². The van der Waals surface area contributed by atoms with Gasteiger partial charge in [-0.25, -0.2) is 0 Å². The Bertz CT molecular complexity index is 2940. The molecule has 1 aromatic heterocycles. The maximum absolute atomic E-state index is 6.82. The van der Waals surface area contributed by atoms with Crippen LogP contribution in [0.25, 0.3) is 49.7 Å². The fourth-order valence-corrected chi connectivity index (χ4v) is 9.59. The molecule has 1 atom stereocenters. The monoisotopic (exact) mass is 662 g/mol. The normalized spacial score (nSPS) is 15.9. The molecule has 0 saturated heterocycles. The van der Waals surface area contributed by atoms with Gasteiger partial charge in [-0.2, -0.15) is 0 Å². The molecular formula is C49H30N2O. The quantitative estimate of drug-likeness (QED) is 0.183. The molecule has 3 aliphatic rings. The average molecular weight is 663 g/mol. The number of nitrogens with zero attached hydrogens (tertiary/aromatic N) is 2. The van der Waals surface area contributed by atoms with Gasteiger partial charge in [0.05, 0.1) is 33.5 Å². The van der Waals surface area contributed by atoms with Crippen LogP contribution >= 0.6 is 0 Å². The zero-order chi connectivity index (χ0) is 34.0. The molecule has 242 valence electrons. The lowest BCUT2D eigenvalue weighted by molar-refractivity contribution is 0.477. The molecule has 0 N–H and O–H groups in total.